The lowest BCUT2D eigenvalue weighted by Gasteiger charge is -2.27. The molecule has 1 heterocycles. The Morgan fingerprint density at radius 1 is 1.35 bits per heavy atom. The highest BCUT2D eigenvalue weighted by molar-refractivity contribution is 7.89. The molecule has 1 aliphatic heterocycles. The molecule has 1 fully saturated rings. The zero-order valence-electron chi connectivity index (χ0n) is 14.2. The van der Waals surface area contributed by atoms with Gasteiger partial charge in [0.15, 0.2) is 0 Å². The Morgan fingerprint density at radius 3 is 2.50 bits per heavy atom. The van der Waals surface area contributed by atoms with Gasteiger partial charge in [0, 0.05) is 19.6 Å². The summed E-state index contributed by atoms with van der Waals surface area (Å²) < 4.78 is 65.9. The summed E-state index contributed by atoms with van der Waals surface area (Å²) >= 11 is 0. The quantitative estimate of drug-likeness (QED) is 0.766. The summed E-state index contributed by atoms with van der Waals surface area (Å²) in [5, 5.41) is 3.09. The van der Waals surface area contributed by atoms with Crippen LogP contribution >= 0.6 is 12.4 Å². The van der Waals surface area contributed by atoms with Gasteiger partial charge in [0.05, 0.1) is 16.5 Å². The van der Waals surface area contributed by atoms with E-state index in [1.54, 1.807) is 7.05 Å². The predicted molar refractivity (Wildman–Crippen MR) is 92.5 cm³/mol. The summed E-state index contributed by atoms with van der Waals surface area (Å²) in [5.41, 5.74) is -1.27. The van der Waals surface area contributed by atoms with Crippen molar-refractivity contribution >= 4 is 28.3 Å². The molecular weight excluding hydrogens is 395 g/mol. The number of nitrogens with one attached hydrogen (secondary N) is 2. The van der Waals surface area contributed by atoms with E-state index in [0.717, 1.165) is 25.1 Å². The molecule has 1 saturated heterocycles. The van der Waals surface area contributed by atoms with E-state index in [-0.39, 0.29) is 18.4 Å². The molecule has 2 unspecified atom stereocenters. The Bertz CT molecular complexity index is 737. The lowest BCUT2D eigenvalue weighted by Crippen LogP contribution is -2.49. The Labute approximate surface area is 156 Å². The van der Waals surface area contributed by atoms with Gasteiger partial charge in [-0.05, 0) is 32.0 Å². The number of rotatable bonds is 5. The fourth-order valence-corrected chi connectivity index (χ4v) is 4.16. The van der Waals surface area contributed by atoms with E-state index in [2.05, 4.69) is 5.32 Å². The molecule has 11 heteroatoms. The normalized spacial score (nSPS) is 18.9. The maximum atomic E-state index is 13.0. The Kier molecular flexibility index (Phi) is 7.46. The van der Waals surface area contributed by atoms with Crippen molar-refractivity contribution in [1.29, 1.82) is 0 Å². The van der Waals surface area contributed by atoms with Gasteiger partial charge in [-0.3, -0.25) is 4.79 Å². The number of carbonyl (C=O) groups excluding carboxylic acids is 1. The lowest BCUT2D eigenvalue weighted by molar-refractivity contribution is -0.139. The molecule has 2 atom stereocenters. The molecule has 1 amide bonds. The van der Waals surface area contributed by atoms with E-state index in [4.69, 9.17) is 0 Å². The predicted octanol–water partition coefficient (Wildman–Crippen LogP) is 1.61. The van der Waals surface area contributed by atoms with Crippen molar-refractivity contribution < 1.29 is 26.4 Å². The van der Waals surface area contributed by atoms with Crippen molar-refractivity contribution in [3.05, 3.63) is 29.8 Å². The maximum absolute atomic E-state index is 13.0. The minimum Gasteiger partial charge on any atom is -0.340 e. The van der Waals surface area contributed by atoms with Crippen LogP contribution in [0.25, 0.3) is 0 Å². The topological polar surface area (TPSA) is 78.5 Å². The molecule has 2 rings (SSSR count). The smallest absolute Gasteiger partial charge is 0.340 e. The molecule has 0 bridgehead atoms. The highest BCUT2D eigenvalue weighted by Crippen LogP contribution is 2.33. The molecule has 1 aromatic rings. The van der Waals surface area contributed by atoms with Gasteiger partial charge in [0.25, 0.3) is 0 Å². The number of amides is 1. The molecule has 2 N–H and O–H groups in total. The van der Waals surface area contributed by atoms with E-state index < -0.39 is 38.6 Å². The van der Waals surface area contributed by atoms with Gasteiger partial charge < -0.3 is 10.2 Å². The first-order valence-corrected chi connectivity index (χ1v) is 9.18. The second kappa shape index (κ2) is 8.55. The summed E-state index contributed by atoms with van der Waals surface area (Å²) in [5.74, 6) is -0.498. The molecule has 1 aromatic carbocycles. The van der Waals surface area contributed by atoms with Crippen molar-refractivity contribution in [2.75, 3.05) is 20.1 Å². The van der Waals surface area contributed by atoms with Gasteiger partial charge in [0.1, 0.15) is 0 Å². The Balaban J connectivity index is 0.00000338. The molecule has 1 aliphatic rings. The summed E-state index contributed by atoms with van der Waals surface area (Å²) in [6.07, 6.45) is -4.08. The third-order valence-corrected chi connectivity index (χ3v) is 5.71. The number of nitrogens with zero attached hydrogens (tertiary/aromatic N) is 1. The monoisotopic (exact) mass is 415 g/mol. The van der Waals surface area contributed by atoms with Gasteiger partial charge in [-0.1, -0.05) is 12.1 Å². The Morgan fingerprint density at radius 2 is 1.96 bits per heavy atom. The standard InChI is InChI=1S/C15H20F3N3O3S.ClH/c1-10(14(22)21(2)11-7-8-19-9-11)20-25(23,24)13-6-4-3-5-12(13)15(16,17)18;/h3-6,10-11,19-20H,7-9H2,1-2H3;1H. The zero-order valence-corrected chi connectivity index (χ0v) is 15.8. The molecule has 0 aliphatic carbocycles. The van der Waals surface area contributed by atoms with Crippen molar-refractivity contribution in [3.8, 4) is 0 Å². The van der Waals surface area contributed by atoms with Crippen LogP contribution in [-0.4, -0.2) is 51.4 Å². The van der Waals surface area contributed by atoms with E-state index in [9.17, 15) is 26.4 Å². The molecule has 148 valence electrons. The van der Waals surface area contributed by atoms with Crippen LogP contribution in [0.3, 0.4) is 0 Å². The van der Waals surface area contributed by atoms with Gasteiger partial charge in [-0.25, -0.2) is 8.42 Å². The van der Waals surface area contributed by atoms with Gasteiger partial charge >= 0.3 is 6.18 Å². The van der Waals surface area contributed by atoms with Crippen LogP contribution in [0.5, 0.6) is 0 Å². The number of benzene rings is 1. The summed E-state index contributed by atoms with van der Waals surface area (Å²) in [4.78, 5) is 12.9. The number of hydrogen-bond donors (Lipinski definition) is 2. The molecule has 0 saturated carbocycles. The van der Waals surface area contributed by atoms with Crippen LogP contribution in [0, 0.1) is 0 Å². The number of halogens is 4. The number of carbonyl (C=O) groups is 1. The highest BCUT2D eigenvalue weighted by atomic mass is 35.5. The van der Waals surface area contributed by atoms with Crippen LogP contribution < -0.4 is 10.0 Å². The van der Waals surface area contributed by atoms with Crippen LogP contribution in [0.15, 0.2) is 29.2 Å². The molecule has 0 radical (unpaired) electrons. The number of hydrogen-bond acceptors (Lipinski definition) is 4. The molecule has 26 heavy (non-hydrogen) atoms. The number of sulfonamides is 1. The molecule has 6 nitrogen and oxygen atoms in total. The van der Waals surface area contributed by atoms with Crippen molar-refractivity contribution in [1.82, 2.24) is 14.9 Å². The summed E-state index contributed by atoms with van der Waals surface area (Å²) in [7, 11) is -2.96. The number of alkyl halides is 3. The van der Waals surface area contributed by atoms with Crippen molar-refractivity contribution in [2.24, 2.45) is 0 Å². The summed E-state index contributed by atoms with van der Waals surface area (Å²) in [6, 6.07) is 2.62. The average Bonchev–Trinajstić information content (AvgIpc) is 3.06. The van der Waals surface area contributed by atoms with Crippen LogP contribution in [0.1, 0.15) is 18.9 Å². The van der Waals surface area contributed by atoms with E-state index in [1.807, 2.05) is 4.72 Å². The van der Waals surface area contributed by atoms with Crippen molar-refractivity contribution in [3.63, 3.8) is 0 Å². The van der Waals surface area contributed by atoms with E-state index >= 15 is 0 Å². The molecule has 0 spiro atoms. The highest BCUT2D eigenvalue weighted by Gasteiger charge is 2.38. The van der Waals surface area contributed by atoms with Gasteiger partial charge in [0.2, 0.25) is 15.9 Å². The lowest BCUT2D eigenvalue weighted by atomic mass is 10.2. The van der Waals surface area contributed by atoms with E-state index in [0.29, 0.717) is 12.6 Å². The van der Waals surface area contributed by atoms with Gasteiger partial charge in [-0.15, -0.1) is 12.4 Å². The van der Waals surface area contributed by atoms with Crippen LogP contribution in [-0.2, 0) is 21.0 Å². The fraction of sp³-hybridized carbons (Fsp3) is 0.533. The largest absolute Gasteiger partial charge is 0.417 e. The minimum atomic E-state index is -4.81. The Hall–Kier alpha value is -1.36. The third kappa shape index (κ3) is 5.09. The van der Waals surface area contributed by atoms with Gasteiger partial charge in [-0.2, -0.15) is 17.9 Å². The SMILES string of the molecule is CC(NS(=O)(=O)c1ccccc1C(F)(F)F)C(=O)N(C)C1CCNC1.Cl. The van der Waals surface area contributed by atoms with Crippen molar-refractivity contribution in [2.45, 2.75) is 36.5 Å². The van der Waals surface area contributed by atoms with Crippen LogP contribution in [0.2, 0.25) is 0 Å². The first-order valence-electron chi connectivity index (χ1n) is 7.70. The first-order chi connectivity index (χ1) is 11.5. The first kappa shape index (κ1) is 22.7. The number of likely N-dealkylation sites (N-methyl/N-ethyl adjacent to an activating group) is 1. The minimum absolute atomic E-state index is 0. The van der Waals surface area contributed by atoms with Crippen LogP contribution in [0.4, 0.5) is 13.2 Å². The van der Waals surface area contributed by atoms with E-state index in [1.165, 1.54) is 17.9 Å². The zero-order chi connectivity index (χ0) is 18.8. The summed E-state index contributed by atoms with van der Waals surface area (Å²) in [6.45, 7) is 2.66. The second-order valence-electron chi connectivity index (χ2n) is 5.93. The second-order valence-corrected chi connectivity index (χ2v) is 7.62. The average molecular weight is 416 g/mol. The molecular formula is C15H21ClF3N3O3S. The third-order valence-electron chi connectivity index (χ3n) is 4.11. The molecule has 0 aromatic heterocycles. The maximum Gasteiger partial charge on any atom is 0.417 e. The fourth-order valence-electron chi connectivity index (χ4n) is 2.74.